The minimum atomic E-state index is 0.994. The highest BCUT2D eigenvalue weighted by atomic mass is 15.2. The SMILES string of the molecule is CCCN1C[C@H]2CN(CCC)C[C@H]2C1. The molecule has 0 spiro atoms. The van der Waals surface area contributed by atoms with Gasteiger partial charge in [-0.15, -0.1) is 0 Å². The van der Waals surface area contributed by atoms with Gasteiger partial charge in [0.15, 0.2) is 0 Å². The molecule has 82 valence electrons. The standard InChI is InChI=1S/C12H24N2/c1-3-5-13-7-11-9-14(6-4-2)10-12(11)8-13/h11-12H,3-10H2,1-2H3/t11-,12+. The second-order valence-corrected chi connectivity index (χ2v) is 5.04. The Kier molecular flexibility index (Phi) is 3.45. The van der Waals surface area contributed by atoms with Crippen molar-refractivity contribution in [2.24, 2.45) is 11.8 Å². The summed E-state index contributed by atoms with van der Waals surface area (Å²) in [5, 5.41) is 0. The van der Waals surface area contributed by atoms with Crippen LogP contribution in [0.25, 0.3) is 0 Å². The number of fused-ring (bicyclic) bond motifs is 1. The van der Waals surface area contributed by atoms with E-state index in [-0.39, 0.29) is 0 Å². The van der Waals surface area contributed by atoms with E-state index in [2.05, 4.69) is 23.6 Å². The summed E-state index contributed by atoms with van der Waals surface area (Å²) < 4.78 is 0. The van der Waals surface area contributed by atoms with Gasteiger partial charge in [0.1, 0.15) is 0 Å². The molecule has 0 aromatic carbocycles. The Balaban J connectivity index is 1.78. The van der Waals surface area contributed by atoms with Gasteiger partial charge in [0.05, 0.1) is 0 Å². The summed E-state index contributed by atoms with van der Waals surface area (Å²) in [5.41, 5.74) is 0. The lowest BCUT2D eigenvalue weighted by Gasteiger charge is -2.20. The topological polar surface area (TPSA) is 6.48 Å². The van der Waals surface area contributed by atoms with Crippen molar-refractivity contribution >= 4 is 0 Å². The van der Waals surface area contributed by atoms with Gasteiger partial charge in [-0.3, -0.25) is 0 Å². The third-order valence-corrected chi connectivity index (χ3v) is 3.72. The predicted molar refractivity (Wildman–Crippen MR) is 60.4 cm³/mol. The monoisotopic (exact) mass is 196 g/mol. The minimum Gasteiger partial charge on any atom is -0.303 e. The van der Waals surface area contributed by atoms with Crippen molar-refractivity contribution in [3.8, 4) is 0 Å². The number of nitrogens with zero attached hydrogens (tertiary/aromatic N) is 2. The highest BCUT2D eigenvalue weighted by molar-refractivity contribution is 4.92. The Labute approximate surface area is 88.3 Å². The fourth-order valence-corrected chi connectivity index (χ4v) is 3.19. The van der Waals surface area contributed by atoms with Crippen LogP contribution in [0.5, 0.6) is 0 Å². The summed E-state index contributed by atoms with van der Waals surface area (Å²) in [6.07, 6.45) is 2.64. The van der Waals surface area contributed by atoms with Gasteiger partial charge in [-0.1, -0.05) is 13.8 Å². The Bertz CT molecular complexity index is 149. The first-order valence-corrected chi connectivity index (χ1v) is 6.28. The van der Waals surface area contributed by atoms with Gasteiger partial charge >= 0.3 is 0 Å². The van der Waals surface area contributed by atoms with Crippen LogP contribution in [0.4, 0.5) is 0 Å². The lowest BCUT2D eigenvalue weighted by Crippen LogP contribution is -2.29. The highest BCUT2D eigenvalue weighted by Gasteiger charge is 2.38. The maximum atomic E-state index is 2.67. The molecule has 14 heavy (non-hydrogen) atoms. The van der Waals surface area contributed by atoms with Gasteiger partial charge in [0, 0.05) is 26.2 Å². The Morgan fingerprint density at radius 3 is 1.43 bits per heavy atom. The van der Waals surface area contributed by atoms with Crippen molar-refractivity contribution in [3.05, 3.63) is 0 Å². The van der Waals surface area contributed by atoms with Crippen LogP contribution in [0.2, 0.25) is 0 Å². The minimum absolute atomic E-state index is 0.994. The van der Waals surface area contributed by atoms with Gasteiger partial charge in [-0.05, 0) is 37.8 Å². The van der Waals surface area contributed by atoms with E-state index in [0.717, 1.165) is 11.8 Å². The van der Waals surface area contributed by atoms with E-state index in [9.17, 15) is 0 Å². The van der Waals surface area contributed by atoms with Crippen molar-refractivity contribution in [2.45, 2.75) is 26.7 Å². The first kappa shape index (κ1) is 10.4. The average Bonchev–Trinajstić information content (AvgIpc) is 2.62. The van der Waals surface area contributed by atoms with Gasteiger partial charge in [0.2, 0.25) is 0 Å². The molecule has 0 bridgehead atoms. The first-order chi connectivity index (χ1) is 6.83. The molecule has 0 aliphatic carbocycles. The maximum absolute atomic E-state index is 2.67. The molecule has 2 saturated heterocycles. The molecule has 0 unspecified atom stereocenters. The third-order valence-electron chi connectivity index (χ3n) is 3.72. The van der Waals surface area contributed by atoms with Gasteiger partial charge < -0.3 is 9.80 Å². The van der Waals surface area contributed by atoms with Crippen LogP contribution < -0.4 is 0 Å². The summed E-state index contributed by atoms with van der Waals surface area (Å²) >= 11 is 0. The van der Waals surface area contributed by atoms with Gasteiger partial charge in [0.25, 0.3) is 0 Å². The van der Waals surface area contributed by atoms with Crippen LogP contribution in [0.15, 0.2) is 0 Å². The Morgan fingerprint density at radius 1 is 0.786 bits per heavy atom. The summed E-state index contributed by atoms with van der Waals surface area (Å²) in [4.78, 5) is 5.33. The highest BCUT2D eigenvalue weighted by Crippen LogP contribution is 2.30. The van der Waals surface area contributed by atoms with E-state index in [4.69, 9.17) is 0 Å². The lowest BCUT2D eigenvalue weighted by molar-refractivity contribution is 0.256. The van der Waals surface area contributed by atoms with Crippen molar-refractivity contribution in [3.63, 3.8) is 0 Å². The van der Waals surface area contributed by atoms with E-state index in [0.29, 0.717) is 0 Å². The van der Waals surface area contributed by atoms with Crippen molar-refractivity contribution in [1.82, 2.24) is 9.80 Å². The average molecular weight is 196 g/mol. The fourth-order valence-electron chi connectivity index (χ4n) is 3.19. The zero-order valence-electron chi connectivity index (χ0n) is 9.71. The Hall–Kier alpha value is -0.0800. The summed E-state index contributed by atoms with van der Waals surface area (Å²) in [7, 11) is 0. The quantitative estimate of drug-likeness (QED) is 0.675. The van der Waals surface area contributed by atoms with Crippen molar-refractivity contribution in [2.75, 3.05) is 39.3 Å². The van der Waals surface area contributed by atoms with Crippen LogP contribution in [0, 0.1) is 11.8 Å². The zero-order chi connectivity index (χ0) is 9.97. The third kappa shape index (κ3) is 2.12. The molecule has 0 saturated carbocycles. The number of hydrogen-bond acceptors (Lipinski definition) is 2. The zero-order valence-corrected chi connectivity index (χ0v) is 9.71. The molecule has 0 N–H and O–H groups in total. The van der Waals surface area contributed by atoms with Crippen LogP contribution in [0.1, 0.15) is 26.7 Å². The Morgan fingerprint density at radius 2 is 1.14 bits per heavy atom. The van der Waals surface area contributed by atoms with E-state index < -0.39 is 0 Å². The molecule has 0 aromatic rings. The maximum Gasteiger partial charge on any atom is 0.00256 e. The summed E-state index contributed by atoms with van der Waals surface area (Å²) in [5.74, 6) is 1.99. The number of hydrogen-bond donors (Lipinski definition) is 0. The molecular weight excluding hydrogens is 172 g/mol. The van der Waals surface area contributed by atoms with Crippen LogP contribution >= 0.6 is 0 Å². The second-order valence-electron chi connectivity index (χ2n) is 5.04. The first-order valence-electron chi connectivity index (χ1n) is 6.28. The molecule has 2 heterocycles. The number of likely N-dealkylation sites (tertiary alicyclic amines) is 2. The van der Waals surface area contributed by atoms with Crippen molar-refractivity contribution in [1.29, 1.82) is 0 Å². The van der Waals surface area contributed by atoms with Crippen molar-refractivity contribution < 1.29 is 0 Å². The lowest BCUT2D eigenvalue weighted by atomic mass is 10.0. The van der Waals surface area contributed by atoms with Crippen LogP contribution in [-0.4, -0.2) is 49.1 Å². The second kappa shape index (κ2) is 4.63. The summed E-state index contributed by atoms with van der Waals surface area (Å²) in [6.45, 7) is 12.7. The molecule has 0 atom stereocenters. The molecule has 2 rings (SSSR count). The molecule has 2 aliphatic rings. The molecule has 2 aliphatic heterocycles. The predicted octanol–water partition coefficient (Wildman–Crippen LogP) is 1.67. The molecule has 2 fully saturated rings. The van der Waals surface area contributed by atoms with E-state index >= 15 is 0 Å². The van der Waals surface area contributed by atoms with Gasteiger partial charge in [-0.2, -0.15) is 0 Å². The molecular formula is C12H24N2. The van der Waals surface area contributed by atoms with E-state index in [1.165, 1.54) is 52.1 Å². The smallest absolute Gasteiger partial charge is 0.00256 e. The van der Waals surface area contributed by atoms with Crippen LogP contribution in [-0.2, 0) is 0 Å². The fraction of sp³-hybridized carbons (Fsp3) is 1.00. The molecule has 0 radical (unpaired) electrons. The normalized spacial score (nSPS) is 33.9. The van der Waals surface area contributed by atoms with Gasteiger partial charge in [-0.25, -0.2) is 0 Å². The number of rotatable bonds is 4. The van der Waals surface area contributed by atoms with Crippen LogP contribution in [0.3, 0.4) is 0 Å². The van der Waals surface area contributed by atoms with E-state index in [1.807, 2.05) is 0 Å². The molecule has 0 amide bonds. The molecule has 2 heteroatoms. The van der Waals surface area contributed by atoms with E-state index in [1.54, 1.807) is 0 Å². The largest absolute Gasteiger partial charge is 0.303 e. The molecule has 2 nitrogen and oxygen atoms in total. The summed E-state index contributed by atoms with van der Waals surface area (Å²) in [6, 6.07) is 0. The molecule has 0 aromatic heterocycles.